The van der Waals surface area contributed by atoms with Crippen molar-refractivity contribution >= 4 is 29.1 Å². The molecule has 0 aliphatic heterocycles. The Morgan fingerprint density at radius 3 is 2.43 bits per heavy atom. The van der Waals surface area contributed by atoms with Gasteiger partial charge in [0.15, 0.2) is 5.11 Å². The first-order valence-electron chi connectivity index (χ1n) is 6.99. The monoisotopic (exact) mass is 316 g/mol. The molecule has 2 aromatic carbocycles. The highest BCUT2D eigenvalue weighted by Gasteiger charge is 1.97. The maximum atomic E-state index is 5.27. The number of thioether (sulfide) groups is 1. The van der Waals surface area contributed by atoms with Gasteiger partial charge in [-0.2, -0.15) is 0 Å². The molecule has 0 spiro atoms. The lowest BCUT2D eigenvalue weighted by atomic mass is 10.2. The van der Waals surface area contributed by atoms with Gasteiger partial charge in [-0.3, -0.25) is 0 Å². The van der Waals surface area contributed by atoms with Crippen molar-refractivity contribution < 1.29 is 0 Å². The fourth-order valence-electron chi connectivity index (χ4n) is 1.81. The van der Waals surface area contributed by atoms with Crippen molar-refractivity contribution in [1.82, 2.24) is 10.6 Å². The summed E-state index contributed by atoms with van der Waals surface area (Å²) in [7, 11) is 0. The molecule has 0 aliphatic rings. The molecule has 0 radical (unpaired) electrons. The van der Waals surface area contributed by atoms with Gasteiger partial charge in [0.1, 0.15) is 0 Å². The normalized spacial score (nSPS) is 10.1. The van der Waals surface area contributed by atoms with E-state index in [0.29, 0.717) is 5.11 Å². The van der Waals surface area contributed by atoms with E-state index in [4.69, 9.17) is 12.2 Å². The van der Waals surface area contributed by atoms with E-state index in [-0.39, 0.29) is 0 Å². The van der Waals surface area contributed by atoms with E-state index < -0.39 is 0 Å². The van der Waals surface area contributed by atoms with Crippen molar-refractivity contribution in [3.8, 4) is 0 Å². The quantitative estimate of drug-likeness (QED) is 0.481. The van der Waals surface area contributed by atoms with Gasteiger partial charge in [0.2, 0.25) is 0 Å². The molecule has 4 heteroatoms. The predicted molar refractivity (Wildman–Crippen MR) is 95.8 cm³/mol. The summed E-state index contributed by atoms with van der Waals surface area (Å²) in [5, 5.41) is 7.16. The summed E-state index contributed by atoms with van der Waals surface area (Å²) in [4.78, 5) is 1.30. The van der Waals surface area contributed by atoms with Gasteiger partial charge in [-0.25, -0.2) is 0 Å². The zero-order valence-corrected chi connectivity index (χ0v) is 13.8. The fourth-order valence-corrected chi connectivity index (χ4v) is 2.75. The Morgan fingerprint density at radius 2 is 1.71 bits per heavy atom. The van der Waals surface area contributed by atoms with Crippen LogP contribution >= 0.6 is 24.0 Å². The van der Waals surface area contributed by atoms with E-state index >= 15 is 0 Å². The molecule has 0 atom stereocenters. The van der Waals surface area contributed by atoms with E-state index in [0.717, 1.165) is 18.8 Å². The smallest absolute Gasteiger partial charge is 0.166 e. The second-order valence-corrected chi connectivity index (χ2v) is 6.33. The summed E-state index contributed by atoms with van der Waals surface area (Å²) in [5.74, 6) is 0.996. The number of hydrogen-bond donors (Lipinski definition) is 2. The SMILES string of the molecule is Cc1ccc(SCCNC(=S)NCc2ccccc2)cc1. The third-order valence-corrected chi connectivity index (χ3v) is 4.28. The summed E-state index contributed by atoms with van der Waals surface area (Å²) < 4.78 is 0. The maximum Gasteiger partial charge on any atom is 0.166 e. The van der Waals surface area contributed by atoms with Gasteiger partial charge in [-0.1, -0.05) is 48.0 Å². The minimum Gasteiger partial charge on any atom is -0.362 e. The van der Waals surface area contributed by atoms with Crippen molar-refractivity contribution in [2.75, 3.05) is 12.3 Å². The van der Waals surface area contributed by atoms with Gasteiger partial charge in [0.25, 0.3) is 0 Å². The molecular formula is C17H20N2S2. The van der Waals surface area contributed by atoms with Gasteiger partial charge in [0.05, 0.1) is 0 Å². The van der Waals surface area contributed by atoms with Crippen LogP contribution in [0.3, 0.4) is 0 Å². The lowest BCUT2D eigenvalue weighted by Crippen LogP contribution is -2.35. The van der Waals surface area contributed by atoms with Crippen molar-refractivity contribution in [2.45, 2.75) is 18.4 Å². The van der Waals surface area contributed by atoms with Crippen LogP contribution in [0.5, 0.6) is 0 Å². The average Bonchev–Trinajstić information content (AvgIpc) is 2.52. The average molecular weight is 316 g/mol. The molecule has 0 aliphatic carbocycles. The van der Waals surface area contributed by atoms with Crippen LogP contribution < -0.4 is 10.6 Å². The Bertz CT molecular complexity index is 553. The van der Waals surface area contributed by atoms with Crippen molar-refractivity contribution in [3.63, 3.8) is 0 Å². The lowest BCUT2D eigenvalue weighted by Gasteiger charge is -2.10. The Hall–Kier alpha value is -1.52. The van der Waals surface area contributed by atoms with E-state index in [1.807, 2.05) is 30.0 Å². The highest BCUT2D eigenvalue weighted by atomic mass is 32.2. The molecule has 0 saturated heterocycles. The summed E-state index contributed by atoms with van der Waals surface area (Å²) in [6.45, 7) is 3.73. The number of rotatable bonds is 6. The first-order chi connectivity index (χ1) is 10.2. The zero-order chi connectivity index (χ0) is 14.9. The Morgan fingerprint density at radius 1 is 1.00 bits per heavy atom. The molecular weight excluding hydrogens is 296 g/mol. The summed E-state index contributed by atoms with van der Waals surface area (Å²) in [6.07, 6.45) is 0. The zero-order valence-electron chi connectivity index (χ0n) is 12.1. The van der Waals surface area contributed by atoms with Crippen molar-refractivity contribution in [1.29, 1.82) is 0 Å². The minimum atomic E-state index is 0.711. The molecule has 0 heterocycles. The third-order valence-electron chi connectivity index (χ3n) is 2.97. The number of benzene rings is 2. The lowest BCUT2D eigenvalue weighted by molar-refractivity contribution is 0.858. The minimum absolute atomic E-state index is 0.711. The first kappa shape index (κ1) is 15.9. The van der Waals surface area contributed by atoms with Gasteiger partial charge >= 0.3 is 0 Å². The van der Waals surface area contributed by atoms with Crippen LogP contribution in [0.4, 0.5) is 0 Å². The second-order valence-electron chi connectivity index (χ2n) is 4.76. The van der Waals surface area contributed by atoms with Crippen LogP contribution in [0.1, 0.15) is 11.1 Å². The third kappa shape index (κ3) is 6.19. The highest BCUT2D eigenvalue weighted by molar-refractivity contribution is 7.99. The van der Waals surface area contributed by atoms with Crippen LogP contribution in [0, 0.1) is 6.92 Å². The molecule has 0 aromatic heterocycles. The van der Waals surface area contributed by atoms with Crippen LogP contribution in [0.25, 0.3) is 0 Å². The van der Waals surface area contributed by atoms with Crippen LogP contribution in [-0.2, 0) is 6.54 Å². The fraction of sp³-hybridized carbons (Fsp3) is 0.235. The number of hydrogen-bond acceptors (Lipinski definition) is 2. The van der Waals surface area contributed by atoms with Gasteiger partial charge in [0, 0.05) is 23.7 Å². The molecule has 0 amide bonds. The molecule has 0 fully saturated rings. The summed E-state index contributed by atoms with van der Waals surface area (Å²) in [5.41, 5.74) is 2.53. The van der Waals surface area contributed by atoms with E-state index in [1.165, 1.54) is 16.0 Å². The van der Waals surface area contributed by atoms with E-state index in [9.17, 15) is 0 Å². The Kier molecular flexibility index (Phi) is 6.57. The molecule has 0 unspecified atom stereocenters. The van der Waals surface area contributed by atoms with E-state index in [2.05, 4.69) is 54.0 Å². The largest absolute Gasteiger partial charge is 0.362 e. The molecule has 2 N–H and O–H groups in total. The molecule has 2 aromatic rings. The molecule has 110 valence electrons. The van der Waals surface area contributed by atoms with Crippen LogP contribution in [0.15, 0.2) is 59.5 Å². The number of aryl methyl sites for hydroxylation is 1. The number of nitrogens with one attached hydrogen (secondary N) is 2. The second kappa shape index (κ2) is 8.70. The summed E-state index contributed by atoms with van der Waals surface area (Å²) >= 11 is 7.10. The standard InChI is InChI=1S/C17H20N2S2/c1-14-7-9-16(10-8-14)21-12-11-18-17(20)19-13-15-5-3-2-4-6-15/h2-10H,11-13H2,1H3,(H2,18,19,20). The molecule has 2 nitrogen and oxygen atoms in total. The molecule has 0 saturated carbocycles. The van der Waals surface area contributed by atoms with Crippen molar-refractivity contribution in [2.24, 2.45) is 0 Å². The predicted octanol–water partition coefficient (Wildman–Crippen LogP) is 3.75. The maximum absolute atomic E-state index is 5.27. The highest BCUT2D eigenvalue weighted by Crippen LogP contribution is 2.17. The van der Waals surface area contributed by atoms with Gasteiger partial charge in [-0.15, -0.1) is 11.8 Å². The molecule has 2 rings (SSSR count). The Labute approximate surface area is 136 Å². The van der Waals surface area contributed by atoms with Crippen molar-refractivity contribution in [3.05, 3.63) is 65.7 Å². The molecule has 0 bridgehead atoms. The first-order valence-corrected chi connectivity index (χ1v) is 8.38. The topological polar surface area (TPSA) is 24.1 Å². The Balaban J connectivity index is 1.60. The van der Waals surface area contributed by atoms with E-state index in [1.54, 1.807) is 0 Å². The van der Waals surface area contributed by atoms with Gasteiger partial charge in [-0.05, 0) is 36.8 Å². The summed E-state index contributed by atoms with van der Waals surface area (Å²) in [6, 6.07) is 18.9. The molecule has 21 heavy (non-hydrogen) atoms. The number of thiocarbonyl (C=S) groups is 1. The van der Waals surface area contributed by atoms with Gasteiger partial charge < -0.3 is 10.6 Å². The van der Waals surface area contributed by atoms with Crippen LogP contribution in [-0.4, -0.2) is 17.4 Å². The van der Waals surface area contributed by atoms with Crippen LogP contribution in [0.2, 0.25) is 0 Å².